The number of hydrazone groups is 1. The van der Waals surface area contributed by atoms with E-state index in [0.29, 0.717) is 10.0 Å². The second-order valence-corrected chi connectivity index (χ2v) is 3.35. The maximum Gasteiger partial charge on any atom is 0.427 e. The lowest BCUT2D eigenvalue weighted by Crippen LogP contribution is -2.16. The van der Waals surface area contributed by atoms with Gasteiger partial charge in [0, 0.05) is 0 Å². The fourth-order valence-corrected chi connectivity index (χ4v) is 1.10. The number of amides is 1. The molecule has 1 rings (SSSR count). The van der Waals surface area contributed by atoms with Gasteiger partial charge < -0.3 is 4.74 Å². The number of rotatable bonds is 2. The summed E-state index contributed by atoms with van der Waals surface area (Å²) < 4.78 is 4.32. The summed E-state index contributed by atoms with van der Waals surface area (Å²) in [6.07, 6.45) is 0.797. The topological polar surface area (TPSA) is 50.7 Å². The predicted molar refractivity (Wildman–Crippen MR) is 59.6 cm³/mol. The van der Waals surface area contributed by atoms with E-state index in [4.69, 9.17) is 23.2 Å². The van der Waals surface area contributed by atoms with Crippen molar-refractivity contribution in [2.24, 2.45) is 5.10 Å². The molecule has 0 aromatic heterocycles. The molecular formula is C9H8Cl2N2O2. The Morgan fingerprint density at radius 2 is 2.20 bits per heavy atom. The van der Waals surface area contributed by atoms with E-state index < -0.39 is 6.09 Å². The van der Waals surface area contributed by atoms with Crippen molar-refractivity contribution in [1.29, 1.82) is 0 Å². The molecule has 0 aliphatic carbocycles. The number of carbonyl (C=O) groups excluding carboxylic acids is 1. The van der Waals surface area contributed by atoms with E-state index in [-0.39, 0.29) is 0 Å². The molecule has 6 heteroatoms. The van der Waals surface area contributed by atoms with Crippen molar-refractivity contribution in [3.63, 3.8) is 0 Å². The highest BCUT2D eigenvalue weighted by Crippen LogP contribution is 2.21. The first-order chi connectivity index (χ1) is 7.13. The first kappa shape index (κ1) is 11.8. The number of hydrogen-bond donors (Lipinski definition) is 1. The summed E-state index contributed by atoms with van der Waals surface area (Å²) in [5.41, 5.74) is 2.87. The third-order valence-corrected chi connectivity index (χ3v) is 2.24. The Kier molecular flexibility index (Phi) is 4.39. The van der Waals surface area contributed by atoms with Crippen LogP contribution in [0.2, 0.25) is 10.0 Å². The zero-order valence-electron chi connectivity index (χ0n) is 7.83. The normalized spacial score (nSPS) is 10.3. The second-order valence-electron chi connectivity index (χ2n) is 2.54. The fraction of sp³-hybridized carbons (Fsp3) is 0.111. The molecule has 0 heterocycles. The van der Waals surface area contributed by atoms with Gasteiger partial charge in [0.25, 0.3) is 0 Å². The maximum atomic E-state index is 10.6. The van der Waals surface area contributed by atoms with E-state index in [2.05, 4.69) is 15.3 Å². The van der Waals surface area contributed by atoms with Crippen LogP contribution >= 0.6 is 23.2 Å². The number of methoxy groups -OCH3 is 1. The minimum Gasteiger partial charge on any atom is -0.452 e. The van der Waals surface area contributed by atoms with Gasteiger partial charge in [-0.2, -0.15) is 5.10 Å². The number of carbonyl (C=O) groups is 1. The van der Waals surface area contributed by atoms with Gasteiger partial charge in [-0.3, -0.25) is 0 Å². The molecule has 15 heavy (non-hydrogen) atoms. The van der Waals surface area contributed by atoms with Gasteiger partial charge in [-0.15, -0.1) is 0 Å². The van der Waals surface area contributed by atoms with E-state index in [0.717, 1.165) is 5.56 Å². The van der Waals surface area contributed by atoms with Crippen LogP contribution in [0.1, 0.15) is 5.56 Å². The number of hydrogen-bond acceptors (Lipinski definition) is 3. The molecule has 0 radical (unpaired) electrons. The summed E-state index contributed by atoms with van der Waals surface area (Å²) in [6.45, 7) is 0. The molecule has 0 saturated heterocycles. The molecule has 0 aliphatic rings. The summed E-state index contributed by atoms with van der Waals surface area (Å²) in [5.74, 6) is 0. The summed E-state index contributed by atoms with van der Waals surface area (Å²) >= 11 is 11.5. The average Bonchev–Trinajstić information content (AvgIpc) is 2.23. The highest BCUT2D eigenvalue weighted by molar-refractivity contribution is 6.42. The van der Waals surface area contributed by atoms with E-state index in [1.165, 1.54) is 13.3 Å². The molecule has 0 saturated carbocycles. The monoisotopic (exact) mass is 246 g/mol. The van der Waals surface area contributed by atoms with E-state index in [1.807, 2.05) is 0 Å². The van der Waals surface area contributed by atoms with Gasteiger partial charge in [0.2, 0.25) is 0 Å². The van der Waals surface area contributed by atoms with Crippen molar-refractivity contribution in [3.8, 4) is 0 Å². The van der Waals surface area contributed by atoms with Gasteiger partial charge >= 0.3 is 6.09 Å². The van der Waals surface area contributed by atoms with Crippen LogP contribution < -0.4 is 5.43 Å². The van der Waals surface area contributed by atoms with E-state index in [1.54, 1.807) is 18.2 Å². The van der Waals surface area contributed by atoms with E-state index >= 15 is 0 Å². The van der Waals surface area contributed by atoms with Crippen LogP contribution in [0.25, 0.3) is 0 Å². The molecule has 1 aromatic carbocycles. The molecule has 0 unspecified atom stereocenters. The van der Waals surface area contributed by atoms with Crippen molar-refractivity contribution in [3.05, 3.63) is 33.8 Å². The molecule has 1 N–H and O–H groups in total. The van der Waals surface area contributed by atoms with Crippen LogP contribution in [0.4, 0.5) is 4.79 Å². The number of halogens is 2. The molecule has 0 atom stereocenters. The van der Waals surface area contributed by atoms with Gasteiger partial charge in [-0.1, -0.05) is 29.3 Å². The molecule has 0 spiro atoms. The van der Waals surface area contributed by atoms with Gasteiger partial charge in [0.1, 0.15) is 0 Å². The first-order valence-electron chi connectivity index (χ1n) is 3.95. The lowest BCUT2D eigenvalue weighted by Gasteiger charge is -1.98. The van der Waals surface area contributed by atoms with Crippen LogP contribution in [0.5, 0.6) is 0 Å². The Morgan fingerprint density at radius 3 is 2.80 bits per heavy atom. The Balaban J connectivity index is 2.65. The summed E-state index contributed by atoms with van der Waals surface area (Å²) in [6, 6.07) is 4.99. The van der Waals surface area contributed by atoms with Gasteiger partial charge in [-0.05, 0) is 17.7 Å². The van der Waals surface area contributed by atoms with Gasteiger partial charge in [-0.25, -0.2) is 10.2 Å². The van der Waals surface area contributed by atoms with E-state index in [9.17, 15) is 4.79 Å². The van der Waals surface area contributed by atoms with Crippen LogP contribution in [0.3, 0.4) is 0 Å². The number of nitrogens with one attached hydrogen (secondary N) is 1. The lowest BCUT2D eigenvalue weighted by atomic mass is 10.2. The Morgan fingerprint density at radius 1 is 1.47 bits per heavy atom. The third-order valence-electron chi connectivity index (χ3n) is 1.50. The largest absolute Gasteiger partial charge is 0.452 e. The SMILES string of the molecule is COC(=O)N/N=C/c1ccc(Cl)c(Cl)c1. The number of ether oxygens (including phenoxy) is 1. The molecule has 1 aromatic rings. The first-order valence-corrected chi connectivity index (χ1v) is 4.71. The van der Waals surface area contributed by atoms with Crippen LogP contribution in [0.15, 0.2) is 23.3 Å². The summed E-state index contributed by atoms with van der Waals surface area (Å²) in [7, 11) is 1.25. The quantitative estimate of drug-likeness (QED) is 0.645. The highest BCUT2D eigenvalue weighted by Gasteiger charge is 1.97. The molecule has 0 aliphatic heterocycles. The van der Waals surface area contributed by atoms with Crippen molar-refractivity contribution >= 4 is 35.5 Å². The van der Waals surface area contributed by atoms with Crippen molar-refractivity contribution < 1.29 is 9.53 Å². The number of nitrogens with zero attached hydrogens (tertiary/aromatic N) is 1. The Hall–Kier alpha value is -1.26. The van der Waals surface area contributed by atoms with Crippen molar-refractivity contribution in [2.45, 2.75) is 0 Å². The van der Waals surface area contributed by atoms with Crippen molar-refractivity contribution in [2.75, 3.05) is 7.11 Å². The zero-order chi connectivity index (χ0) is 11.3. The molecule has 0 fully saturated rings. The van der Waals surface area contributed by atoms with Crippen molar-refractivity contribution in [1.82, 2.24) is 5.43 Å². The molecule has 1 amide bonds. The Bertz CT molecular complexity index is 394. The maximum absolute atomic E-state index is 10.6. The molecule has 4 nitrogen and oxygen atoms in total. The van der Waals surface area contributed by atoms with Crippen LogP contribution in [-0.4, -0.2) is 19.4 Å². The molecule has 80 valence electrons. The molecular weight excluding hydrogens is 239 g/mol. The van der Waals surface area contributed by atoms with Gasteiger partial charge in [0.05, 0.1) is 23.4 Å². The highest BCUT2D eigenvalue weighted by atomic mass is 35.5. The second kappa shape index (κ2) is 5.58. The van der Waals surface area contributed by atoms with Crippen LogP contribution in [0, 0.1) is 0 Å². The Labute approximate surface area is 96.8 Å². The van der Waals surface area contributed by atoms with Crippen LogP contribution in [-0.2, 0) is 4.74 Å². The fourth-order valence-electron chi connectivity index (χ4n) is 0.798. The van der Waals surface area contributed by atoms with Gasteiger partial charge in [0.15, 0.2) is 0 Å². The summed E-state index contributed by atoms with van der Waals surface area (Å²) in [4.78, 5) is 10.6. The smallest absolute Gasteiger partial charge is 0.427 e. The lowest BCUT2D eigenvalue weighted by molar-refractivity contribution is 0.171. The minimum absolute atomic E-state index is 0.429. The molecule has 0 bridgehead atoms. The zero-order valence-corrected chi connectivity index (χ0v) is 9.34. The summed E-state index contributed by atoms with van der Waals surface area (Å²) in [5, 5.41) is 4.53. The average molecular weight is 247 g/mol. The predicted octanol–water partition coefficient (Wildman–Crippen LogP) is 2.68. The third kappa shape index (κ3) is 3.77. The standard InChI is InChI=1S/C9H8Cl2N2O2/c1-15-9(14)13-12-5-6-2-3-7(10)8(11)4-6/h2-5H,1H3,(H,13,14)/b12-5+. The number of benzene rings is 1. The minimum atomic E-state index is -0.633.